The Bertz CT molecular complexity index is 1490. The first-order valence-corrected chi connectivity index (χ1v) is 13.5. The van der Waals surface area contributed by atoms with Crippen LogP contribution in [0, 0.1) is 30.0 Å². The number of benzene rings is 2. The van der Waals surface area contributed by atoms with Crippen molar-refractivity contribution in [2.24, 2.45) is 5.92 Å². The van der Waals surface area contributed by atoms with E-state index in [4.69, 9.17) is 0 Å². The highest BCUT2D eigenvalue weighted by molar-refractivity contribution is 7.82. The summed E-state index contributed by atoms with van der Waals surface area (Å²) >= 11 is 0. The van der Waals surface area contributed by atoms with E-state index in [2.05, 4.69) is 54.0 Å². The molecule has 2 unspecified atom stereocenters. The quantitative estimate of drug-likeness (QED) is 0.369. The van der Waals surface area contributed by atoms with Gasteiger partial charge in [0.25, 0.3) is 0 Å². The van der Waals surface area contributed by atoms with Gasteiger partial charge in [-0.1, -0.05) is 13.8 Å². The lowest BCUT2D eigenvalue weighted by Crippen LogP contribution is -2.50. The number of rotatable bonds is 6. The number of fused-ring (bicyclic) bond motifs is 1. The maximum absolute atomic E-state index is 13.6. The van der Waals surface area contributed by atoms with E-state index in [1.54, 1.807) is 30.5 Å². The third-order valence-corrected chi connectivity index (χ3v) is 8.25. The van der Waals surface area contributed by atoms with Crippen LogP contribution < -0.4 is 0 Å². The van der Waals surface area contributed by atoms with Crippen LogP contribution in [0.1, 0.15) is 36.7 Å². The summed E-state index contributed by atoms with van der Waals surface area (Å²) in [5.74, 6) is 0.199. The fraction of sp³-hybridized carbons (Fsp3) is 0.321. The lowest BCUT2D eigenvalue weighted by molar-refractivity contribution is 0.107. The van der Waals surface area contributed by atoms with Crippen molar-refractivity contribution in [1.29, 1.82) is 5.26 Å². The predicted octanol–water partition coefficient (Wildman–Crippen LogP) is 4.78. The smallest absolute Gasteiger partial charge is 0.157 e. The summed E-state index contributed by atoms with van der Waals surface area (Å²) in [5, 5.41) is 15.0. The highest BCUT2D eigenvalue weighted by atomic mass is 32.2. The van der Waals surface area contributed by atoms with Gasteiger partial charge in [0.2, 0.25) is 0 Å². The van der Waals surface area contributed by atoms with Crippen LogP contribution in [0.5, 0.6) is 0 Å². The van der Waals surface area contributed by atoms with Gasteiger partial charge >= 0.3 is 0 Å². The summed E-state index contributed by atoms with van der Waals surface area (Å²) in [6.07, 6.45) is 3.38. The molecule has 190 valence electrons. The predicted molar refractivity (Wildman–Crippen MR) is 142 cm³/mol. The molecule has 1 aliphatic rings. The number of pyridine rings is 1. The van der Waals surface area contributed by atoms with Crippen molar-refractivity contribution in [2.75, 3.05) is 26.2 Å². The minimum atomic E-state index is -1.49. The van der Waals surface area contributed by atoms with Gasteiger partial charge in [-0.3, -0.25) is 4.90 Å². The molecule has 37 heavy (non-hydrogen) atoms. The van der Waals surface area contributed by atoms with Crippen molar-refractivity contribution in [3.63, 3.8) is 0 Å². The van der Waals surface area contributed by atoms with Gasteiger partial charge < -0.3 is 0 Å². The van der Waals surface area contributed by atoms with Crippen LogP contribution in [-0.2, 0) is 11.0 Å². The van der Waals surface area contributed by atoms with Crippen molar-refractivity contribution in [3.8, 4) is 11.8 Å². The Kier molecular flexibility index (Phi) is 7.15. The fourth-order valence-corrected chi connectivity index (χ4v) is 6.29. The Morgan fingerprint density at radius 3 is 2.70 bits per heavy atom. The van der Waals surface area contributed by atoms with E-state index in [0.29, 0.717) is 23.9 Å². The van der Waals surface area contributed by atoms with E-state index in [0.717, 1.165) is 35.2 Å². The standard InChI is InChI=1S/C28H29FN6OS/c1-19(2)17-33-11-12-34(37(36)28-5-4-10-31-25(28)15-30)18-27(33)24-14-21-16-32-35(26(21)13-20(24)3)23-8-6-22(29)7-9-23/h4-10,13-14,16,19,27H,11-12,17-18H2,1-3H3. The van der Waals surface area contributed by atoms with Gasteiger partial charge in [-0.2, -0.15) is 10.4 Å². The molecule has 0 bridgehead atoms. The van der Waals surface area contributed by atoms with Crippen LogP contribution in [0.2, 0.25) is 0 Å². The van der Waals surface area contributed by atoms with E-state index < -0.39 is 11.0 Å². The van der Waals surface area contributed by atoms with Crippen LogP contribution >= 0.6 is 0 Å². The Balaban J connectivity index is 1.51. The summed E-state index contributed by atoms with van der Waals surface area (Å²) in [6, 6.07) is 16.1. The first kappa shape index (κ1) is 25.2. The zero-order valence-electron chi connectivity index (χ0n) is 21.1. The van der Waals surface area contributed by atoms with Crippen LogP contribution in [-0.4, -0.2) is 54.4 Å². The van der Waals surface area contributed by atoms with E-state index in [-0.39, 0.29) is 17.6 Å². The van der Waals surface area contributed by atoms with Crippen molar-refractivity contribution in [2.45, 2.75) is 31.7 Å². The molecule has 4 aromatic rings. The van der Waals surface area contributed by atoms with Crippen molar-refractivity contribution < 1.29 is 8.60 Å². The SMILES string of the molecule is Cc1cc2c(cnn2-c2ccc(F)cc2)cc1C1CN(S(=O)c2cccnc2C#N)CCN1CC(C)C. The third kappa shape index (κ3) is 5.05. The molecule has 2 aromatic carbocycles. The van der Waals surface area contributed by atoms with Crippen molar-refractivity contribution >= 4 is 21.9 Å². The topological polar surface area (TPSA) is 78.0 Å². The minimum absolute atomic E-state index is 0.0286. The van der Waals surface area contributed by atoms with E-state index in [1.165, 1.54) is 17.7 Å². The van der Waals surface area contributed by atoms with Gasteiger partial charge in [-0.15, -0.1) is 0 Å². The Morgan fingerprint density at radius 2 is 1.97 bits per heavy atom. The van der Waals surface area contributed by atoms with Crippen LogP contribution in [0.4, 0.5) is 4.39 Å². The molecule has 0 amide bonds. The second kappa shape index (κ2) is 10.5. The molecule has 1 fully saturated rings. The van der Waals surface area contributed by atoms with E-state index >= 15 is 0 Å². The molecule has 7 nitrogen and oxygen atoms in total. The van der Waals surface area contributed by atoms with Gasteiger partial charge in [0, 0.05) is 43.8 Å². The van der Waals surface area contributed by atoms with Gasteiger partial charge in [0.05, 0.1) is 22.3 Å². The molecule has 0 aliphatic carbocycles. The number of piperazine rings is 1. The number of nitriles is 1. The Labute approximate surface area is 218 Å². The zero-order valence-corrected chi connectivity index (χ0v) is 22.0. The zero-order chi connectivity index (χ0) is 26.1. The van der Waals surface area contributed by atoms with Crippen LogP contribution in [0.3, 0.4) is 0 Å². The van der Waals surface area contributed by atoms with Gasteiger partial charge in [0.15, 0.2) is 5.69 Å². The maximum Gasteiger partial charge on any atom is 0.157 e. The number of aryl methyl sites for hydroxylation is 1. The van der Waals surface area contributed by atoms with Gasteiger partial charge in [0.1, 0.15) is 22.9 Å². The van der Waals surface area contributed by atoms with E-state index in [1.807, 2.05) is 15.2 Å². The first-order valence-electron chi connectivity index (χ1n) is 12.4. The molecule has 3 heterocycles. The first-order chi connectivity index (χ1) is 17.9. The summed E-state index contributed by atoms with van der Waals surface area (Å²) in [5.41, 5.74) is 4.23. The van der Waals surface area contributed by atoms with Crippen molar-refractivity contribution in [1.82, 2.24) is 24.0 Å². The maximum atomic E-state index is 13.6. The Hall–Kier alpha value is -3.45. The summed E-state index contributed by atoms with van der Waals surface area (Å²) in [4.78, 5) is 7.02. The minimum Gasteiger partial charge on any atom is -0.293 e. The molecule has 1 aliphatic heterocycles. The molecule has 0 N–H and O–H groups in total. The number of nitrogens with zero attached hydrogens (tertiary/aromatic N) is 6. The molecule has 0 spiro atoms. The molecule has 5 rings (SSSR count). The molecule has 2 aromatic heterocycles. The second-order valence-electron chi connectivity index (χ2n) is 9.80. The molecule has 9 heteroatoms. The normalized spacial score (nSPS) is 17.8. The van der Waals surface area contributed by atoms with E-state index in [9.17, 15) is 13.9 Å². The van der Waals surface area contributed by atoms with Crippen LogP contribution in [0.25, 0.3) is 16.6 Å². The molecule has 1 saturated heterocycles. The molecule has 2 atom stereocenters. The van der Waals surface area contributed by atoms with Gasteiger partial charge in [-0.25, -0.2) is 22.6 Å². The largest absolute Gasteiger partial charge is 0.293 e. The average molecular weight is 517 g/mol. The number of halogens is 1. The molecule has 0 radical (unpaired) electrons. The highest BCUT2D eigenvalue weighted by Crippen LogP contribution is 2.33. The highest BCUT2D eigenvalue weighted by Gasteiger charge is 2.33. The second-order valence-corrected chi connectivity index (χ2v) is 11.3. The summed E-state index contributed by atoms with van der Waals surface area (Å²) in [6.45, 7) is 9.40. The number of aromatic nitrogens is 3. The third-order valence-electron chi connectivity index (χ3n) is 6.74. The summed E-state index contributed by atoms with van der Waals surface area (Å²) in [7, 11) is -1.49. The fourth-order valence-electron chi connectivity index (χ4n) is 5.03. The monoisotopic (exact) mass is 516 g/mol. The lowest BCUT2D eigenvalue weighted by Gasteiger charge is -2.42. The molecular formula is C28H29FN6OS. The van der Waals surface area contributed by atoms with Crippen molar-refractivity contribution in [3.05, 3.63) is 83.6 Å². The lowest BCUT2D eigenvalue weighted by atomic mass is 9.96. The summed E-state index contributed by atoms with van der Waals surface area (Å²) < 4.78 is 30.8. The average Bonchev–Trinajstić information content (AvgIpc) is 3.30. The number of hydrogen-bond donors (Lipinski definition) is 0. The molecular weight excluding hydrogens is 487 g/mol. The number of hydrogen-bond acceptors (Lipinski definition) is 5. The Morgan fingerprint density at radius 1 is 1.19 bits per heavy atom. The van der Waals surface area contributed by atoms with Gasteiger partial charge in [-0.05, 0) is 72.5 Å². The molecule has 0 saturated carbocycles. The van der Waals surface area contributed by atoms with Crippen LogP contribution in [0.15, 0.2) is 65.8 Å².